The monoisotopic (exact) mass is 388 g/mol. The van der Waals surface area contributed by atoms with E-state index in [1.165, 1.54) is 19.1 Å². The molecule has 1 aliphatic heterocycles. The van der Waals surface area contributed by atoms with Gasteiger partial charge in [-0.15, -0.1) is 0 Å². The van der Waals surface area contributed by atoms with Gasteiger partial charge in [-0.2, -0.15) is 0 Å². The largest absolute Gasteiger partial charge is 0.379 e. The summed E-state index contributed by atoms with van der Waals surface area (Å²) in [6.45, 7) is 5.58. The second-order valence-electron chi connectivity index (χ2n) is 6.57. The summed E-state index contributed by atoms with van der Waals surface area (Å²) in [5.74, 6) is -0.164. The maximum Gasteiger partial charge on any atom is 0.240 e. The summed E-state index contributed by atoms with van der Waals surface area (Å²) in [5.41, 5.74) is 2.42. The molecule has 1 aliphatic rings. The lowest BCUT2D eigenvalue weighted by atomic mass is 10.1. The summed E-state index contributed by atoms with van der Waals surface area (Å²) < 4.78 is 33.3. The summed E-state index contributed by atoms with van der Waals surface area (Å²) in [6.07, 6.45) is 0. The van der Waals surface area contributed by atoms with E-state index in [0.29, 0.717) is 5.56 Å². The SMILES string of the molecule is CC(=O)c1cccc(S(=O)(=O)NCc2ccccc2CN2CCOCC2)c1. The summed E-state index contributed by atoms with van der Waals surface area (Å²) in [6, 6.07) is 13.9. The number of hydrogen-bond donors (Lipinski definition) is 1. The average Bonchev–Trinajstić information content (AvgIpc) is 2.68. The van der Waals surface area contributed by atoms with Gasteiger partial charge in [-0.1, -0.05) is 36.4 Å². The molecule has 2 aromatic carbocycles. The quantitative estimate of drug-likeness (QED) is 0.736. The van der Waals surface area contributed by atoms with Crippen LogP contribution in [0.1, 0.15) is 28.4 Å². The molecule has 0 unspecified atom stereocenters. The number of carbonyl (C=O) groups is 1. The standard InChI is InChI=1S/C20H24N2O4S/c1-16(23)17-7-4-8-20(13-17)27(24,25)21-14-18-5-2-3-6-19(18)15-22-9-11-26-12-10-22/h2-8,13,21H,9-12,14-15H2,1H3. The Balaban J connectivity index is 1.72. The second-order valence-corrected chi connectivity index (χ2v) is 8.33. The molecule has 27 heavy (non-hydrogen) atoms. The molecule has 1 heterocycles. The highest BCUT2D eigenvalue weighted by atomic mass is 32.2. The number of Topliss-reactive ketones (excluding diaryl/α,β-unsaturated/α-hetero) is 1. The van der Waals surface area contributed by atoms with Crippen molar-refractivity contribution in [3.8, 4) is 0 Å². The Morgan fingerprint density at radius 3 is 2.48 bits per heavy atom. The molecule has 0 atom stereocenters. The lowest BCUT2D eigenvalue weighted by Gasteiger charge is -2.27. The number of ether oxygens (including phenoxy) is 1. The van der Waals surface area contributed by atoms with Crippen LogP contribution in [-0.4, -0.2) is 45.4 Å². The predicted molar refractivity (Wildman–Crippen MR) is 103 cm³/mol. The molecular formula is C20H24N2O4S. The van der Waals surface area contributed by atoms with Gasteiger partial charge in [0.25, 0.3) is 0 Å². The lowest BCUT2D eigenvalue weighted by Crippen LogP contribution is -2.36. The first-order chi connectivity index (χ1) is 13.0. The average molecular weight is 388 g/mol. The first-order valence-electron chi connectivity index (χ1n) is 8.93. The molecule has 144 valence electrons. The van der Waals surface area contributed by atoms with E-state index in [4.69, 9.17) is 4.74 Å². The van der Waals surface area contributed by atoms with E-state index in [1.54, 1.807) is 12.1 Å². The van der Waals surface area contributed by atoms with E-state index >= 15 is 0 Å². The van der Waals surface area contributed by atoms with Crippen molar-refractivity contribution < 1.29 is 17.9 Å². The van der Waals surface area contributed by atoms with Crippen LogP contribution in [0.4, 0.5) is 0 Å². The van der Waals surface area contributed by atoms with Crippen LogP contribution < -0.4 is 4.72 Å². The molecule has 1 N–H and O–H groups in total. The highest BCUT2D eigenvalue weighted by Crippen LogP contribution is 2.16. The van der Waals surface area contributed by atoms with E-state index in [1.807, 2.05) is 24.3 Å². The number of rotatable bonds is 7. The zero-order valence-electron chi connectivity index (χ0n) is 15.3. The van der Waals surface area contributed by atoms with Gasteiger partial charge in [0.1, 0.15) is 0 Å². The molecule has 7 heteroatoms. The van der Waals surface area contributed by atoms with Gasteiger partial charge in [0.15, 0.2) is 5.78 Å². The Bertz CT molecular complexity index is 906. The van der Waals surface area contributed by atoms with Gasteiger partial charge in [-0.3, -0.25) is 9.69 Å². The number of nitrogens with one attached hydrogen (secondary N) is 1. The molecule has 0 aromatic heterocycles. The number of sulfonamides is 1. The number of benzene rings is 2. The molecule has 3 rings (SSSR count). The number of morpholine rings is 1. The third kappa shape index (κ3) is 5.23. The first-order valence-corrected chi connectivity index (χ1v) is 10.4. The van der Waals surface area contributed by atoms with Gasteiger partial charge < -0.3 is 4.74 Å². The topological polar surface area (TPSA) is 75.7 Å². The first kappa shape index (κ1) is 19.7. The zero-order chi connectivity index (χ0) is 19.3. The van der Waals surface area contributed by atoms with Crippen molar-refractivity contribution in [3.63, 3.8) is 0 Å². The second kappa shape index (κ2) is 8.75. The van der Waals surface area contributed by atoms with Crippen LogP contribution >= 0.6 is 0 Å². The van der Waals surface area contributed by atoms with Crippen molar-refractivity contribution in [2.45, 2.75) is 24.9 Å². The molecule has 0 saturated carbocycles. The van der Waals surface area contributed by atoms with Gasteiger partial charge in [0, 0.05) is 31.7 Å². The maximum atomic E-state index is 12.6. The molecule has 0 amide bonds. The number of nitrogens with zero attached hydrogens (tertiary/aromatic N) is 1. The third-order valence-electron chi connectivity index (χ3n) is 4.62. The van der Waals surface area contributed by atoms with Crippen LogP contribution in [0.5, 0.6) is 0 Å². The number of hydrogen-bond acceptors (Lipinski definition) is 5. The maximum absolute atomic E-state index is 12.6. The van der Waals surface area contributed by atoms with Crippen LogP contribution in [0.3, 0.4) is 0 Å². The van der Waals surface area contributed by atoms with Crippen LogP contribution in [0, 0.1) is 0 Å². The molecule has 0 spiro atoms. The van der Waals surface area contributed by atoms with Crippen molar-refractivity contribution in [3.05, 3.63) is 65.2 Å². The minimum absolute atomic E-state index is 0.0980. The fourth-order valence-electron chi connectivity index (χ4n) is 3.02. The van der Waals surface area contributed by atoms with Crippen molar-refractivity contribution in [1.29, 1.82) is 0 Å². The Morgan fingerprint density at radius 2 is 1.78 bits per heavy atom. The van der Waals surface area contributed by atoms with Crippen molar-refractivity contribution in [2.24, 2.45) is 0 Å². The normalized spacial score (nSPS) is 15.6. The van der Waals surface area contributed by atoms with Gasteiger partial charge in [0.05, 0.1) is 18.1 Å². The summed E-state index contributed by atoms with van der Waals surface area (Å²) in [5, 5.41) is 0. The van der Waals surface area contributed by atoms with Crippen molar-refractivity contribution in [1.82, 2.24) is 9.62 Å². The molecule has 6 nitrogen and oxygen atoms in total. The van der Waals surface area contributed by atoms with Crippen LogP contribution in [0.2, 0.25) is 0 Å². The summed E-state index contributed by atoms with van der Waals surface area (Å²) in [7, 11) is -3.70. The zero-order valence-corrected chi connectivity index (χ0v) is 16.2. The number of carbonyl (C=O) groups excluding carboxylic acids is 1. The molecule has 0 bridgehead atoms. The third-order valence-corrected chi connectivity index (χ3v) is 6.02. The Kier molecular flexibility index (Phi) is 6.38. The Morgan fingerprint density at radius 1 is 1.07 bits per heavy atom. The highest BCUT2D eigenvalue weighted by molar-refractivity contribution is 7.89. The van der Waals surface area contributed by atoms with Crippen LogP contribution in [-0.2, 0) is 27.8 Å². The minimum Gasteiger partial charge on any atom is -0.379 e. The van der Waals surface area contributed by atoms with Crippen molar-refractivity contribution >= 4 is 15.8 Å². The highest BCUT2D eigenvalue weighted by Gasteiger charge is 2.17. The minimum atomic E-state index is -3.70. The molecule has 0 radical (unpaired) electrons. The van der Waals surface area contributed by atoms with Gasteiger partial charge in [0.2, 0.25) is 10.0 Å². The lowest BCUT2D eigenvalue weighted by molar-refractivity contribution is 0.0341. The van der Waals surface area contributed by atoms with Crippen LogP contribution in [0.25, 0.3) is 0 Å². The summed E-state index contributed by atoms with van der Waals surface area (Å²) >= 11 is 0. The molecule has 1 saturated heterocycles. The number of ketones is 1. The van der Waals surface area contributed by atoms with E-state index in [9.17, 15) is 13.2 Å². The fourth-order valence-corrected chi connectivity index (χ4v) is 4.07. The van der Waals surface area contributed by atoms with E-state index < -0.39 is 10.0 Å². The van der Waals surface area contributed by atoms with Crippen LogP contribution in [0.15, 0.2) is 53.4 Å². The van der Waals surface area contributed by atoms with E-state index in [0.717, 1.165) is 44.0 Å². The van der Waals surface area contributed by atoms with Gasteiger partial charge in [-0.25, -0.2) is 13.1 Å². The van der Waals surface area contributed by atoms with Gasteiger partial charge >= 0.3 is 0 Å². The summed E-state index contributed by atoms with van der Waals surface area (Å²) in [4.78, 5) is 13.9. The smallest absolute Gasteiger partial charge is 0.240 e. The Hall–Kier alpha value is -2.06. The molecule has 0 aliphatic carbocycles. The predicted octanol–water partition coefficient (Wildman–Crippen LogP) is 2.20. The van der Waals surface area contributed by atoms with Crippen molar-refractivity contribution in [2.75, 3.05) is 26.3 Å². The molecular weight excluding hydrogens is 364 g/mol. The Labute approximate surface area is 160 Å². The van der Waals surface area contributed by atoms with E-state index in [-0.39, 0.29) is 17.2 Å². The molecule has 2 aromatic rings. The van der Waals surface area contributed by atoms with Gasteiger partial charge in [-0.05, 0) is 30.2 Å². The molecule has 1 fully saturated rings. The van der Waals surface area contributed by atoms with E-state index in [2.05, 4.69) is 9.62 Å². The fraction of sp³-hybridized carbons (Fsp3) is 0.350.